The molecular formula is C20H24N4O2. The molecule has 26 heavy (non-hydrogen) atoms. The molecule has 6 heteroatoms. The van der Waals surface area contributed by atoms with Gasteiger partial charge in [-0.1, -0.05) is 19.3 Å². The standard InChI is InChI=1S/C20H24N4O2/c25-18-11-17(22-19(23-18)15-7-4-9-21-12-15)16-8-10-24(13-16)20(26)14-5-2-1-3-6-14/h4,7,9,11-12,14,16H,1-3,5-6,8,10,13H2,(H,22,23,25). The van der Waals surface area contributed by atoms with Gasteiger partial charge in [0.2, 0.25) is 5.91 Å². The maximum absolute atomic E-state index is 12.8. The molecule has 136 valence electrons. The molecule has 1 aliphatic carbocycles. The lowest BCUT2D eigenvalue weighted by Crippen LogP contribution is -2.35. The Morgan fingerprint density at radius 2 is 2.04 bits per heavy atom. The van der Waals surface area contributed by atoms with Crippen molar-refractivity contribution in [2.75, 3.05) is 13.1 Å². The highest BCUT2D eigenvalue weighted by Crippen LogP contribution is 2.31. The first-order valence-electron chi connectivity index (χ1n) is 9.51. The largest absolute Gasteiger partial charge is 0.342 e. The van der Waals surface area contributed by atoms with Crippen LogP contribution in [0.1, 0.15) is 50.1 Å². The normalized spacial score (nSPS) is 21.1. The van der Waals surface area contributed by atoms with Gasteiger partial charge in [-0.2, -0.15) is 0 Å². The average molecular weight is 352 g/mol. The van der Waals surface area contributed by atoms with Crippen LogP contribution in [0.5, 0.6) is 0 Å². The van der Waals surface area contributed by atoms with Crippen LogP contribution in [0.3, 0.4) is 0 Å². The van der Waals surface area contributed by atoms with Gasteiger partial charge in [-0.25, -0.2) is 4.98 Å². The van der Waals surface area contributed by atoms with E-state index in [9.17, 15) is 9.59 Å². The molecule has 1 N–H and O–H groups in total. The van der Waals surface area contributed by atoms with Crippen LogP contribution in [0.15, 0.2) is 35.4 Å². The molecule has 1 unspecified atom stereocenters. The van der Waals surface area contributed by atoms with Gasteiger partial charge in [0.05, 0.1) is 5.69 Å². The van der Waals surface area contributed by atoms with Gasteiger partial charge in [0.15, 0.2) is 0 Å². The van der Waals surface area contributed by atoms with Crippen LogP contribution in [0.25, 0.3) is 11.4 Å². The van der Waals surface area contributed by atoms with E-state index in [-0.39, 0.29) is 17.4 Å². The van der Waals surface area contributed by atoms with Crippen LogP contribution in [0.4, 0.5) is 0 Å². The number of amides is 1. The first-order valence-corrected chi connectivity index (χ1v) is 9.51. The summed E-state index contributed by atoms with van der Waals surface area (Å²) in [4.78, 5) is 38.4. The van der Waals surface area contributed by atoms with Gasteiger partial charge in [-0.15, -0.1) is 0 Å². The molecule has 1 saturated carbocycles. The molecule has 2 aliphatic rings. The number of pyridine rings is 1. The highest BCUT2D eigenvalue weighted by molar-refractivity contribution is 5.79. The molecule has 0 radical (unpaired) electrons. The van der Waals surface area contributed by atoms with E-state index in [1.54, 1.807) is 18.5 Å². The van der Waals surface area contributed by atoms with E-state index in [0.717, 1.165) is 49.9 Å². The van der Waals surface area contributed by atoms with Crippen molar-refractivity contribution in [3.63, 3.8) is 0 Å². The SMILES string of the molecule is O=C(C1CCCCC1)N1CCC(c2cc(=O)[nH]c(-c3cccnc3)n2)C1. The molecule has 2 fully saturated rings. The summed E-state index contributed by atoms with van der Waals surface area (Å²) in [6.07, 6.45) is 9.87. The van der Waals surface area contributed by atoms with Gasteiger partial charge >= 0.3 is 0 Å². The smallest absolute Gasteiger partial charge is 0.251 e. The molecule has 6 nitrogen and oxygen atoms in total. The fourth-order valence-corrected chi connectivity index (χ4v) is 4.13. The second-order valence-electron chi connectivity index (χ2n) is 7.37. The molecule has 2 aromatic rings. The molecule has 1 saturated heterocycles. The minimum Gasteiger partial charge on any atom is -0.342 e. The van der Waals surface area contributed by atoms with E-state index < -0.39 is 0 Å². The molecule has 1 aliphatic heterocycles. The molecule has 0 aromatic carbocycles. The van der Waals surface area contributed by atoms with E-state index in [4.69, 9.17) is 0 Å². The maximum Gasteiger partial charge on any atom is 0.251 e. The summed E-state index contributed by atoms with van der Waals surface area (Å²) in [7, 11) is 0. The molecule has 3 heterocycles. The Balaban J connectivity index is 1.51. The number of carbonyl (C=O) groups is 1. The van der Waals surface area contributed by atoms with Crippen molar-refractivity contribution in [1.82, 2.24) is 19.9 Å². The Morgan fingerprint density at radius 3 is 2.81 bits per heavy atom. The minimum absolute atomic E-state index is 0.125. The fourth-order valence-electron chi connectivity index (χ4n) is 4.13. The number of likely N-dealkylation sites (tertiary alicyclic amines) is 1. The van der Waals surface area contributed by atoms with Crippen LogP contribution in [0, 0.1) is 5.92 Å². The number of aromatic nitrogens is 3. The first-order chi connectivity index (χ1) is 12.7. The lowest BCUT2D eigenvalue weighted by molar-refractivity contribution is -0.135. The summed E-state index contributed by atoms with van der Waals surface area (Å²) in [5.41, 5.74) is 1.40. The molecular weight excluding hydrogens is 328 g/mol. The molecule has 1 atom stereocenters. The van der Waals surface area contributed by atoms with Gasteiger partial charge in [0, 0.05) is 48.9 Å². The van der Waals surface area contributed by atoms with E-state index in [1.807, 2.05) is 17.0 Å². The quantitative estimate of drug-likeness (QED) is 0.921. The third-order valence-corrected chi connectivity index (χ3v) is 5.57. The highest BCUT2D eigenvalue weighted by Gasteiger charge is 2.32. The second kappa shape index (κ2) is 7.40. The third kappa shape index (κ3) is 3.54. The summed E-state index contributed by atoms with van der Waals surface area (Å²) in [6.45, 7) is 1.43. The lowest BCUT2D eigenvalue weighted by atomic mass is 9.88. The van der Waals surface area contributed by atoms with Crippen molar-refractivity contribution in [3.8, 4) is 11.4 Å². The zero-order chi connectivity index (χ0) is 17.9. The maximum atomic E-state index is 12.8. The molecule has 2 aromatic heterocycles. The number of aromatic amines is 1. The van der Waals surface area contributed by atoms with E-state index in [0.29, 0.717) is 18.3 Å². The zero-order valence-corrected chi connectivity index (χ0v) is 14.9. The second-order valence-corrected chi connectivity index (χ2v) is 7.37. The van der Waals surface area contributed by atoms with Crippen molar-refractivity contribution < 1.29 is 4.79 Å². The topological polar surface area (TPSA) is 79.0 Å². The Labute approximate surface area is 152 Å². The minimum atomic E-state index is -0.161. The van der Waals surface area contributed by atoms with Gasteiger partial charge in [0.1, 0.15) is 5.82 Å². The Bertz CT molecular complexity index is 827. The summed E-state index contributed by atoms with van der Waals surface area (Å²) in [5.74, 6) is 1.16. The van der Waals surface area contributed by atoms with E-state index in [2.05, 4.69) is 15.0 Å². The van der Waals surface area contributed by atoms with Crippen molar-refractivity contribution in [1.29, 1.82) is 0 Å². The number of rotatable bonds is 3. The van der Waals surface area contributed by atoms with Crippen LogP contribution >= 0.6 is 0 Å². The monoisotopic (exact) mass is 352 g/mol. The summed E-state index contributed by atoms with van der Waals surface area (Å²) >= 11 is 0. The van der Waals surface area contributed by atoms with Gasteiger partial charge in [-0.05, 0) is 31.4 Å². The fraction of sp³-hybridized carbons (Fsp3) is 0.500. The zero-order valence-electron chi connectivity index (χ0n) is 14.9. The van der Waals surface area contributed by atoms with Crippen LogP contribution < -0.4 is 5.56 Å². The van der Waals surface area contributed by atoms with Crippen molar-refractivity contribution in [2.24, 2.45) is 5.92 Å². The van der Waals surface area contributed by atoms with Crippen LogP contribution in [-0.4, -0.2) is 38.8 Å². The van der Waals surface area contributed by atoms with Crippen LogP contribution in [0.2, 0.25) is 0 Å². The van der Waals surface area contributed by atoms with Crippen molar-refractivity contribution in [3.05, 3.63) is 46.6 Å². The average Bonchev–Trinajstić information content (AvgIpc) is 3.18. The van der Waals surface area contributed by atoms with E-state index in [1.165, 1.54) is 6.42 Å². The van der Waals surface area contributed by atoms with Crippen molar-refractivity contribution in [2.45, 2.75) is 44.4 Å². The predicted molar refractivity (Wildman–Crippen MR) is 98.6 cm³/mol. The van der Waals surface area contributed by atoms with Crippen molar-refractivity contribution >= 4 is 5.91 Å². The van der Waals surface area contributed by atoms with Gasteiger partial charge in [0.25, 0.3) is 5.56 Å². The number of hydrogen-bond donors (Lipinski definition) is 1. The number of hydrogen-bond acceptors (Lipinski definition) is 4. The van der Waals surface area contributed by atoms with E-state index >= 15 is 0 Å². The Morgan fingerprint density at radius 1 is 1.19 bits per heavy atom. The lowest BCUT2D eigenvalue weighted by Gasteiger charge is -2.26. The molecule has 4 rings (SSSR count). The van der Waals surface area contributed by atoms with Gasteiger partial charge in [-0.3, -0.25) is 14.6 Å². The predicted octanol–water partition coefficient (Wildman–Crippen LogP) is 2.73. The molecule has 0 bridgehead atoms. The Kier molecular flexibility index (Phi) is 4.82. The highest BCUT2D eigenvalue weighted by atomic mass is 16.2. The first kappa shape index (κ1) is 16.9. The molecule has 1 amide bonds. The van der Waals surface area contributed by atoms with Crippen LogP contribution in [-0.2, 0) is 4.79 Å². The van der Waals surface area contributed by atoms with Gasteiger partial charge < -0.3 is 9.88 Å². The number of H-pyrrole nitrogens is 1. The number of nitrogens with one attached hydrogen (secondary N) is 1. The molecule has 0 spiro atoms. The summed E-state index contributed by atoms with van der Waals surface area (Å²) < 4.78 is 0. The number of carbonyl (C=O) groups excluding carboxylic acids is 1. The summed E-state index contributed by atoms with van der Waals surface area (Å²) in [5, 5.41) is 0. The number of nitrogens with zero attached hydrogens (tertiary/aromatic N) is 3. The Hall–Kier alpha value is -2.50. The third-order valence-electron chi connectivity index (χ3n) is 5.57. The summed E-state index contributed by atoms with van der Waals surface area (Å²) in [6, 6.07) is 5.27.